The zero-order chi connectivity index (χ0) is 24.4. The van der Waals surface area contributed by atoms with Crippen LogP contribution in [0.1, 0.15) is 38.9 Å². The highest BCUT2D eigenvalue weighted by atomic mass is 16.6. The molecule has 0 bridgehead atoms. The van der Waals surface area contributed by atoms with E-state index in [1.165, 1.54) is 22.5 Å². The number of carbonyl (C=O) groups excluding carboxylic acids is 1. The van der Waals surface area contributed by atoms with Gasteiger partial charge in [-0.1, -0.05) is 12.1 Å². The van der Waals surface area contributed by atoms with Crippen LogP contribution in [0.2, 0.25) is 0 Å². The van der Waals surface area contributed by atoms with Crippen molar-refractivity contribution in [3.05, 3.63) is 42.2 Å². The predicted octanol–water partition coefficient (Wildman–Crippen LogP) is 3.74. The SMILES string of the molecule is CCOC(=O)N1CCN(C2CC=Nn3cc(-c4ccc(N5CCN(C(C)C)CC5)cc4)cc32)CC1. The summed E-state index contributed by atoms with van der Waals surface area (Å²) in [6, 6.07) is 12.2. The van der Waals surface area contributed by atoms with Crippen molar-refractivity contribution >= 4 is 18.0 Å². The van der Waals surface area contributed by atoms with E-state index in [9.17, 15) is 4.79 Å². The summed E-state index contributed by atoms with van der Waals surface area (Å²) in [5, 5.41) is 4.63. The van der Waals surface area contributed by atoms with E-state index in [0.717, 1.165) is 45.7 Å². The fourth-order valence-electron chi connectivity index (χ4n) is 5.46. The van der Waals surface area contributed by atoms with Crippen LogP contribution in [-0.2, 0) is 4.74 Å². The molecule has 0 radical (unpaired) electrons. The molecule has 8 nitrogen and oxygen atoms in total. The second kappa shape index (κ2) is 10.4. The Bertz CT molecular complexity index is 1030. The first-order valence-corrected chi connectivity index (χ1v) is 13.0. The molecule has 8 heteroatoms. The minimum Gasteiger partial charge on any atom is -0.450 e. The molecule has 35 heavy (non-hydrogen) atoms. The van der Waals surface area contributed by atoms with E-state index >= 15 is 0 Å². The summed E-state index contributed by atoms with van der Waals surface area (Å²) >= 11 is 0. The van der Waals surface area contributed by atoms with Crippen molar-refractivity contribution in [2.45, 2.75) is 39.3 Å². The molecule has 1 aromatic carbocycles. The van der Waals surface area contributed by atoms with E-state index in [2.05, 4.69) is 70.2 Å². The topological polar surface area (TPSA) is 56.6 Å². The Kier molecular flexibility index (Phi) is 7.11. The number of hydrogen-bond donors (Lipinski definition) is 0. The van der Waals surface area contributed by atoms with Crippen molar-refractivity contribution in [3.8, 4) is 11.1 Å². The molecule has 4 heterocycles. The molecule has 1 amide bonds. The highest BCUT2D eigenvalue weighted by Crippen LogP contribution is 2.33. The van der Waals surface area contributed by atoms with E-state index in [4.69, 9.17) is 4.74 Å². The number of fused-ring (bicyclic) bond motifs is 1. The van der Waals surface area contributed by atoms with Crippen molar-refractivity contribution in [2.24, 2.45) is 5.10 Å². The van der Waals surface area contributed by atoms with Crippen molar-refractivity contribution < 1.29 is 9.53 Å². The van der Waals surface area contributed by atoms with Gasteiger partial charge in [-0.05, 0) is 44.5 Å². The zero-order valence-corrected chi connectivity index (χ0v) is 21.3. The third-order valence-corrected chi connectivity index (χ3v) is 7.60. The van der Waals surface area contributed by atoms with Gasteiger partial charge in [-0.25, -0.2) is 9.47 Å². The Balaban J connectivity index is 1.25. The van der Waals surface area contributed by atoms with E-state index in [-0.39, 0.29) is 12.1 Å². The molecule has 2 saturated heterocycles. The molecule has 188 valence electrons. The summed E-state index contributed by atoms with van der Waals surface area (Å²) in [5.41, 5.74) is 4.94. The molecule has 3 aliphatic heterocycles. The lowest BCUT2D eigenvalue weighted by atomic mass is 10.0. The quantitative estimate of drug-likeness (QED) is 0.655. The van der Waals surface area contributed by atoms with Crippen LogP contribution in [0, 0.1) is 0 Å². The van der Waals surface area contributed by atoms with Crippen molar-refractivity contribution in [2.75, 3.05) is 63.9 Å². The summed E-state index contributed by atoms with van der Waals surface area (Å²) in [5.74, 6) is 0. The minimum absolute atomic E-state index is 0.201. The van der Waals surface area contributed by atoms with Crippen LogP contribution in [0.4, 0.5) is 10.5 Å². The van der Waals surface area contributed by atoms with Gasteiger partial charge in [-0.3, -0.25) is 9.80 Å². The molecule has 0 aliphatic carbocycles. The number of hydrogen-bond acceptors (Lipinski definition) is 6. The lowest BCUT2D eigenvalue weighted by molar-refractivity contribution is 0.0653. The van der Waals surface area contributed by atoms with Crippen LogP contribution < -0.4 is 4.90 Å². The molecular formula is C27H38N6O2. The average Bonchev–Trinajstić information content (AvgIpc) is 3.34. The van der Waals surface area contributed by atoms with Crippen LogP contribution >= 0.6 is 0 Å². The van der Waals surface area contributed by atoms with E-state index in [1.807, 2.05) is 22.7 Å². The number of piperazine rings is 2. The Labute approximate surface area is 208 Å². The van der Waals surface area contributed by atoms with Gasteiger partial charge in [0.1, 0.15) is 0 Å². The minimum atomic E-state index is -0.201. The first-order chi connectivity index (χ1) is 17.0. The number of amides is 1. The average molecular weight is 479 g/mol. The molecule has 1 unspecified atom stereocenters. The molecular weight excluding hydrogens is 440 g/mol. The molecule has 3 aliphatic rings. The Morgan fingerprint density at radius 2 is 1.71 bits per heavy atom. The number of anilines is 1. The second-order valence-electron chi connectivity index (χ2n) is 9.93. The van der Waals surface area contributed by atoms with Gasteiger partial charge in [-0.2, -0.15) is 5.10 Å². The first kappa shape index (κ1) is 23.9. The smallest absolute Gasteiger partial charge is 0.409 e. The zero-order valence-electron chi connectivity index (χ0n) is 21.3. The lowest BCUT2D eigenvalue weighted by Gasteiger charge is -2.39. The maximum absolute atomic E-state index is 12.1. The highest BCUT2D eigenvalue weighted by Gasteiger charge is 2.30. The lowest BCUT2D eigenvalue weighted by Crippen LogP contribution is -2.50. The van der Waals surface area contributed by atoms with Gasteiger partial charge in [0.25, 0.3) is 0 Å². The molecule has 0 saturated carbocycles. The van der Waals surface area contributed by atoms with E-state index < -0.39 is 0 Å². The van der Waals surface area contributed by atoms with Crippen molar-refractivity contribution in [1.82, 2.24) is 19.4 Å². The van der Waals surface area contributed by atoms with Gasteiger partial charge in [0.2, 0.25) is 0 Å². The maximum Gasteiger partial charge on any atom is 0.409 e. The van der Waals surface area contributed by atoms with E-state index in [0.29, 0.717) is 25.7 Å². The third-order valence-electron chi connectivity index (χ3n) is 7.60. The summed E-state index contributed by atoms with van der Waals surface area (Å²) in [4.78, 5) is 21.4. The van der Waals surface area contributed by atoms with Crippen LogP contribution in [0.15, 0.2) is 41.6 Å². The summed E-state index contributed by atoms with van der Waals surface area (Å²) in [6.07, 6.45) is 4.85. The molecule has 1 atom stereocenters. The number of ether oxygens (including phenoxy) is 1. The van der Waals surface area contributed by atoms with Crippen LogP contribution in [0.5, 0.6) is 0 Å². The number of carbonyl (C=O) groups is 1. The fraction of sp³-hybridized carbons (Fsp3) is 0.556. The molecule has 2 fully saturated rings. The molecule has 2 aromatic rings. The summed E-state index contributed by atoms with van der Waals surface area (Å²) in [6.45, 7) is 14.3. The van der Waals surface area contributed by atoms with Crippen LogP contribution in [-0.4, -0.2) is 96.7 Å². The van der Waals surface area contributed by atoms with Crippen molar-refractivity contribution in [1.29, 1.82) is 0 Å². The molecule has 0 spiro atoms. The first-order valence-electron chi connectivity index (χ1n) is 13.0. The fourth-order valence-corrected chi connectivity index (χ4v) is 5.46. The van der Waals surface area contributed by atoms with Crippen LogP contribution in [0.25, 0.3) is 11.1 Å². The normalized spacial score (nSPS) is 21.4. The van der Waals surface area contributed by atoms with Gasteiger partial charge < -0.3 is 14.5 Å². The molecule has 5 rings (SSSR count). The van der Waals surface area contributed by atoms with Crippen LogP contribution in [0.3, 0.4) is 0 Å². The Morgan fingerprint density at radius 1 is 1.00 bits per heavy atom. The molecule has 1 aromatic heterocycles. The number of aromatic nitrogens is 1. The standard InChI is InChI=1S/C27H38N6O2/c1-4-35-27(34)32-17-15-31(16-18-32)25-9-10-28-33-20-23(19-26(25)33)22-5-7-24(8-6-22)30-13-11-29(12-14-30)21(2)3/h5-8,10,19-21,25H,4,9,11-18H2,1-3H3. The van der Waals surface area contributed by atoms with Gasteiger partial charge in [0, 0.05) is 88.5 Å². The van der Waals surface area contributed by atoms with Gasteiger partial charge in [0.05, 0.1) is 18.3 Å². The third kappa shape index (κ3) is 5.09. The Morgan fingerprint density at radius 3 is 2.37 bits per heavy atom. The molecule has 0 N–H and O–H groups in total. The summed E-state index contributed by atoms with van der Waals surface area (Å²) < 4.78 is 7.20. The number of nitrogens with zero attached hydrogens (tertiary/aromatic N) is 6. The van der Waals surface area contributed by atoms with E-state index in [1.54, 1.807) is 0 Å². The number of benzene rings is 1. The van der Waals surface area contributed by atoms with Gasteiger partial charge in [-0.15, -0.1) is 0 Å². The van der Waals surface area contributed by atoms with Crippen molar-refractivity contribution in [3.63, 3.8) is 0 Å². The Hall–Kier alpha value is -2.84. The monoisotopic (exact) mass is 478 g/mol. The predicted molar refractivity (Wildman–Crippen MR) is 140 cm³/mol. The maximum atomic E-state index is 12.1. The summed E-state index contributed by atoms with van der Waals surface area (Å²) in [7, 11) is 0. The second-order valence-corrected chi connectivity index (χ2v) is 9.93. The highest BCUT2D eigenvalue weighted by molar-refractivity contribution is 5.69. The largest absolute Gasteiger partial charge is 0.450 e. The van der Waals surface area contributed by atoms with Gasteiger partial charge >= 0.3 is 6.09 Å². The number of rotatable bonds is 5. The van der Waals surface area contributed by atoms with Gasteiger partial charge in [0.15, 0.2) is 0 Å².